The van der Waals surface area contributed by atoms with Gasteiger partial charge < -0.3 is 71.1 Å². The van der Waals surface area contributed by atoms with Crippen LogP contribution in [0.5, 0.6) is 0 Å². The zero-order valence-corrected chi connectivity index (χ0v) is 32.2. The summed E-state index contributed by atoms with van der Waals surface area (Å²) >= 11 is 0. The van der Waals surface area contributed by atoms with E-state index in [4.69, 9.17) is 66.3 Å². The molecule has 0 aliphatic carbocycles. The Morgan fingerprint density at radius 2 is 0.481 bits per heavy atom. The number of esters is 2. The molecule has 0 heterocycles. The third kappa shape index (κ3) is 44.6. The Bertz CT molecular complexity index is 753. The van der Waals surface area contributed by atoms with Gasteiger partial charge in [-0.2, -0.15) is 0 Å². The first kappa shape index (κ1) is 50.4. The molecule has 17 nitrogen and oxygen atoms in total. The minimum atomic E-state index is -0.478. The Morgan fingerprint density at radius 3 is 0.654 bits per heavy atom. The van der Waals surface area contributed by atoms with Crippen molar-refractivity contribution in [1.82, 2.24) is 0 Å². The molecule has 0 saturated heterocycles. The van der Waals surface area contributed by atoms with Gasteiger partial charge in [-0.25, -0.2) is 0 Å². The second-order valence-electron chi connectivity index (χ2n) is 11.6. The lowest BCUT2D eigenvalue weighted by molar-refractivity contribution is -0.156. The van der Waals surface area contributed by atoms with Gasteiger partial charge in [0.1, 0.15) is 5.60 Å². The lowest BCUT2D eigenvalue weighted by Crippen LogP contribution is -2.24. The molecule has 0 unspecified atom stereocenters. The molecular formula is C35H68O17. The summed E-state index contributed by atoms with van der Waals surface area (Å²) in [7, 11) is 1.35. The van der Waals surface area contributed by atoms with Crippen molar-refractivity contribution in [3.05, 3.63) is 0 Å². The van der Waals surface area contributed by atoms with Crippen LogP contribution in [0.1, 0.15) is 33.6 Å². The Kier molecular flexibility index (Phi) is 39.4. The van der Waals surface area contributed by atoms with E-state index in [0.29, 0.717) is 172 Å². The van der Waals surface area contributed by atoms with E-state index in [0.717, 1.165) is 0 Å². The van der Waals surface area contributed by atoms with E-state index in [9.17, 15) is 9.59 Å². The molecule has 0 amide bonds. The lowest BCUT2D eigenvalue weighted by Gasteiger charge is -2.19. The molecule has 52 heavy (non-hydrogen) atoms. The van der Waals surface area contributed by atoms with E-state index in [1.807, 2.05) is 20.8 Å². The highest BCUT2D eigenvalue weighted by atomic mass is 16.6. The number of carbonyl (C=O) groups is 2. The van der Waals surface area contributed by atoms with Crippen LogP contribution in [0, 0.1) is 0 Å². The zero-order chi connectivity index (χ0) is 38.1. The van der Waals surface area contributed by atoms with Crippen molar-refractivity contribution in [3.63, 3.8) is 0 Å². The molecule has 0 spiro atoms. The molecule has 310 valence electrons. The highest BCUT2D eigenvalue weighted by molar-refractivity contribution is 5.70. The lowest BCUT2D eigenvalue weighted by atomic mass is 10.2. The summed E-state index contributed by atoms with van der Waals surface area (Å²) < 4.78 is 80.3. The van der Waals surface area contributed by atoms with Gasteiger partial charge in [-0.15, -0.1) is 0 Å². The maximum Gasteiger partial charge on any atom is 0.308 e. The maximum absolute atomic E-state index is 11.6. The number of methoxy groups -OCH3 is 1. The SMILES string of the molecule is COC(=O)CCOCCOCCOCCOCCOCCOCCOCCOCCOCCOCCOCCOCCOCCC(=O)OC(C)(C)C. The summed E-state index contributed by atoms with van der Waals surface area (Å²) in [4.78, 5) is 22.5. The van der Waals surface area contributed by atoms with E-state index in [1.54, 1.807) is 0 Å². The van der Waals surface area contributed by atoms with Gasteiger partial charge in [0.2, 0.25) is 0 Å². The summed E-state index contributed by atoms with van der Waals surface area (Å²) in [5, 5.41) is 0. The van der Waals surface area contributed by atoms with Gasteiger partial charge in [-0.05, 0) is 20.8 Å². The molecule has 0 fully saturated rings. The largest absolute Gasteiger partial charge is 0.469 e. The van der Waals surface area contributed by atoms with Crippen molar-refractivity contribution < 1.29 is 80.6 Å². The molecular weight excluding hydrogens is 692 g/mol. The maximum atomic E-state index is 11.6. The fraction of sp³-hybridized carbons (Fsp3) is 0.943. The number of hydrogen-bond acceptors (Lipinski definition) is 17. The van der Waals surface area contributed by atoms with Crippen molar-refractivity contribution in [2.45, 2.75) is 39.2 Å². The molecule has 0 radical (unpaired) electrons. The van der Waals surface area contributed by atoms with Gasteiger partial charge in [0.25, 0.3) is 0 Å². The van der Waals surface area contributed by atoms with Crippen LogP contribution >= 0.6 is 0 Å². The van der Waals surface area contributed by atoms with Crippen molar-refractivity contribution in [1.29, 1.82) is 0 Å². The normalized spacial score (nSPS) is 11.7. The van der Waals surface area contributed by atoms with Crippen LogP contribution in [0.25, 0.3) is 0 Å². The topological polar surface area (TPSA) is 173 Å². The molecule has 0 saturated carbocycles. The van der Waals surface area contributed by atoms with Gasteiger partial charge >= 0.3 is 11.9 Å². The Morgan fingerprint density at radius 1 is 0.308 bits per heavy atom. The standard InChI is InChI=1S/C35H68O17/c1-35(2,3)52-34(37)6-8-40-10-12-42-14-16-44-18-20-46-22-24-48-26-28-50-30-32-51-31-29-49-27-25-47-23-21-45-19-17-43-15-13-41-11-9-39-7-5-33(36)38-4/h5-32H2,1-4H3. The van der Waals surface area contributed by atoms with Gasteiger partial charge in [0.15, 0.2) is 0 Å². The predicted molar refractivity (Wildman–Crippen MR) is 188 cm³/mol. The third-order valence-corrected chi connectivity index (χ3v) is 6.01. The van der Waals surface area contributed by atoms with Gasteiger partial charge in [0, 0.05) is 0 Å². The molecule has 0 aromatic rings. The highest BCUT2D eigenvalue weighted by Crippen LogP contribution is 2.08. The van der Waals surface area contributed by atoms with Gasteiger partial charge in [-0.1, -0.05) is 0 Å². The van der Waals surface area contributed by atoms with Crippen LogP contribution in [-0.4, -0.2) is 196 Å². The molecule has 0 bridgehead atoms. The third-order valence-electron chi connectivity index (χ3n) is 6.01. The number of rotatable bonds is 42. The van der Waals surface area contributed by atoms with Crippen LogP contribution in [0.4, 0.5) is 0 Å². The molecule has 0 N–H and O–H groups in total. The molecule has 17 heteroatoms. The first-order chi connectivity index (χ1) is 25.3. The van der Waals surface area contributed by atoms with Crippen LogP contribution in [-0.2, 0) is 80.6 Å². The summed E-state index contributed by atoms with van der Waals surface area (Å²) in [6.07, 6.45) is 0.467. The van der Waals surface area contributed by atoms with E-state index in [-0.39, 0.29) is 24.8 Å². The number of hydrogen-bond donors (Lipinski definition) is 0. The van der Waals surface area contributed by atoms with E-state index >= 15 is 0 Å². The van der Waals surface area contributed by atoms with Crippen molar-refractivity contribution in [2.75, 3.05) is 179 Å². The molecule has 0 rings (SSSR count). The second-order valence-corrected chi connectivity index (χ2v) is 11.6. The molecule has 0 aromatic carbocycles. The number of ether oxygens (including phenoxy) is 15. The van der Waals surface area contributed by atoms with Crippen molar-refractivity contribution >= 4 is 11.9 Å². The average Bonchev–Trinajstić information content (AvgIpc) is 3.11. The predicted octanol–water partition coefficient (Wildman–Crippen LogP) is 1.50. The quantitative estimate of drug-likeness (QED) is 0.0647. The smallest absolute Gasteiger partial charge is 0.308 e. The Labute approximate surface area is 310 Å². The fourth-order valence-corrected chi connectivity index (χ4v) is 3.55. The molecule has 0 atom stereocenters. The van der Waals surface area contributed by atoms with Gasteiger partial charge in [0.05, 0.1) is 192 Å². The monoisotopic (exact) mass is 760 g/mol. The number of carbonyl (C=O) groups excluding carboxylic acids is 2. The molecule has 0 aliphatic rings. The second kappa shape index (κ2) is 40.6. The van der Waals surface area contributed by atoms with Crippen LogP contribution in [0.3, 0.4) is 0 Å². The van der Waals surface area contributed by atoms with E-state index in [1.165, 1.54) is 7.11 Å². The summed E-state index contributed by atoms with van der Waals surface area (Å²) in [6.45, 7) is 17.5. The minimum absolute atomic E-state index is 0.227. The molecule has 0 aromatic heterocycles. The van der Waals surface area contributed by atoms with Crippen LogP contribution < -0.4 is 0 Å². The van der Waals surface area contributed by atoms with Crippen LogP contribution in [0.2, 0.25) is 0 Å². The van der Waals surface area contributed by atoms with Crippen LogP contribution in [0.15, 0.2) is 0 Å². The Hall–Kier alpha value is -1.58. The van der Waals surface area contributed by atoms with Crippen molar-refractivity contribution in [3.8, 4) is 0 Å². The highest BCUT2D eigenvalue weighted by Gasteiger charge is 2.15. The van der Waals surface area contributed by atoms with Crippen molar-refractivity contribution in [2.24, 2.45) is 0 Å². The zero-order valence-electron chi connectivity index (χ0n) is 32.2. The molecule has 0 aliphatic heterocycles. The summed E-state index contributed by atoms with van der Waals surface area (Å²) in [5.41, 5.74) is -0.478. The van der Waals surface area contributed by atoms with Gasteiger partial charge in [-0.3, -0.25) is 9.59 Å². The first-order valence-corrected chi connectivity index (χ1v) is 18.1. The Balaban J connectivity index is 3.10. The van der Waals surface area contributed by atoms with E-state index in [2.05, 4.69) is 4.74 Å². The first-order valence-electron chi connectivity index (χ1n) is 18.1. The minimum Gasteiger partial charge on any atom is -0.469 e. The average molecular weight is 761 g/mol. The summed E-state index contributed by atoms with van der Waals surface area (Å²) in [5.74, 6) is -0.559. The van der Waals surface area contributed by atoms with E-state index < -0.39 is 5.60 Å². The fourth-order valence-electron chi connectivity index (χ4n) is 3.55. The summed E-state index contributed by atoms with van der Waals surface area (Å²) in [6, 6.07) is 0.